The van der Waals surface area contributed by atoms with E-state index in [1.54, 1.807) is 6.92 Å². The van der Waals surface area contributed by atoms with Crippen molar-refractivity contribution in [3.63, 3.8) is 0 Å². The van der Waals surface area contributed by atoms with Crippen LogP contribution in [-0.4, -0.2) is 4.98 Å². The topological polar surface area (TPSA) is 48.1 Å². The van der Waals surface area contributed by atoms with Gasteiger partial charge in [0.2, 0.25) is 5.88 Å². The Kier molecular flexibility index (Phi) is 3.76. The predicted octanol–water partition coefficient (Wildman–Crippen LogP) is 3.23. The Morgan fingerprint density at radius 1 is 1.21 bits per heavy atom. The van der Waals surface area contributed by atoms with Gasteiger partial charge in [-0.25, -0.2) is 13.8 Å². The zero-order valence-corrected chi connectivity index (χ0v) is 10.7. The first-order chi connectivity index (χ1) is 9.01. The van der Waals surface area contributed by atoms with Crippen LogP contribution in [0.25, 0.3) is 0 Å². The predicted molar refractivity (Wildman–Crippen MR) is 68.0 cm³/mol. The molecule has 0 amide bonds. The minimum atomic E-state index is -0.648. The fourth-order valence-electron chi connectivity index (χ4n) is 1.82. The summed E-state index contributed by atoms with van der Waals surface area (Å²) in [6.45, 7) is 3.87. The highest BCUT2D eigenvalue weighted by Crippen LogP contribution is 2.28. The van der Waals surface area contributed by atoms with E-state index in [2.05, 4.69) is 4.98 Å². The summed E-state index contributed by atoms with van der Waals surface area (Å²) in [4.78, 5) is 4.18. The Labute approximate surface area is 110 Å². The number of ether oxygens (including phenoxy) is 1. The van der Waals surface area contributed by atoms with Crippen LogP contribution >= 0.6 is 0 Å². The summed E-state index contributed by atoms with van der Waals surface area (Å²) in [5.74, 6) is -1.21. The second-order valence-electron chi connectivity index (χ2n) is 4.25. The summed E-state index contributed by atoms with van der Waals surface area (Å²) in [5.41, 5.74) is 7.94. The molecular formula is C14H14F2N2O. The third-order valence-corrected chi connectivity index (χ3v) is 2.74. The lowest BCUT2D eigenvalue weighted by Gasteiger charge is -2.12. The molecule has 1 heterocycles. The molecule has 2 N–H and O–H groups in total. The van der Waals surface area contributed by atoms with Gasteiger partial charge in [0.1, 0.15) is 5.82 Å². The lowest BCUT2D eigenvalue weighted by atomic mass is 10.1. The number of hydrogen-bond acceptors (Lipinski definition) is 3. The summed E-state index contributed by atoms with van der Waals surface area (Å²) in [5, 5.41) is 0. The number of benzene rings is 1. The van der Waals surface area contributed by atoms with Crippen LogP contribution < -0.4 is 10.5 Å². The monoisotopic (exact) mass is 264 g/mol. The Bertz CT molecular complexity index is 615. The molecule has 1 aromatic heterocycles. The lowest BCUT2D eigenvalue weighted by molar-refractivity contribution is 0.416. The molecule has 0 spiro atoms. The minimum absolute atomic E-state index is 0.202. The molecule has 0 radical (unpaired) electrons. The van der Waals surface area contributed by atoms with E-state index in [4.69, 9.17) is 10.5 Å². The molecule has 19 heavy (non-hydrogen) atoms. The van der Waals surface area contributed by atoms with E-state index in [-0.39, 0.29) is 18.2 Å². The van der Waals surface area contributed by atoms with Crippen LogP contribution in [0.15, 0.2) is 24.3 Å². The molecule has 3 nitrogen and oxygen atoms in total. The summed E-state index contributed by atoms with van der Waals surface area (Å²) in [6, 6.07) is 4.88. The van der Waals surface area contributed by atoms with E-state index < -0.39 is 11.6 Å². The molecule has 0 aliphatic carbocycles. The van der Waals surface area contributed by atoms with Crippen LogP contribution in [-0.2, 0) is 6.54 Å². The molecule has 100 valence electrons. The Hall–Kier alpha value is -2.01. The molecule has 0 saturated heterocycles. The summed E-state index contributed by atoms with van der Waals surface area (Å²) < 4.78 is 32.0. The SMILES string of the molecule is Cc1cc(C)c(CN)c(Oc2cc(F)ccc2F)n1. The average Bonchev–Trinajstić information content (AvgIpc) is 2.33. The second-order valence-corrected chi connectivity index (χ2v) is 4.25. The molecule has 0 bridgehead atoms. The maximum absolute atomic E-state index is 13.5. The highest BCUT2D eigenvalue weighted by molar-refractivity contribution is 5.39. The van der Waals surface area contributed by atoms with E-state index in [0.29, 0.717) is 5.56 Å². The largest absolute Gasteiger partial charge is 0.435 e. The van der Waals surface area contributed by atoms with Gasteiger partial charge in [-0.1, -0.05) is 0 Å². The van der Waals surface area contributed by atoms with Crippen molar-refractivity contribution in [1.82, 2.24) is 4.98 Å². The number of aromatic nitrogens is 1. The van der Waals surface area contributed by atoms with E-state index in [1.165, 1.54) is 0 Å². The van der Waals surface area contributed by atoms with E-state index in [1.807, 2.05) is 13.0 Å². The van der Waals surface area contributed by atoms with Crippen molar-refractivity contribution in [1.29, 1.82) is 0 Å². The van der Waals surface area contributed by atoms with Crippen LogP contribution in [0.5, 0.6) is 11.6 Å². The smallest absolute Gasteiger partial charge is 0.224 e. The van der Waals surface area contributed by atoms with Gasteiger partial charge in [-0.05, 0) is 37.6 Å². The number of nitrogens with zero attached hydrogens (tertiary/aromatic N) is 1. The second kappa shape index (κ2) is 5.32. The van der Waals surface area contributed by atoms with Crippen molar-refractivity contribution in [2.45, 2.75) is 20.4 Å². The molecule has 5 heteroatoms. The first-order valence-corrected chi connectivity index (χ1v) is 5.81. The molecule has 0 saturated carbocycles. The molecule has 1 aromatic carbocycles. The first kappa shape index (κ1) is 13.4. The number of aryl methyl sites for hydroxylation is 2. The molecule has 0 unspecified atom stereocenters. The zero-order chi connectivity index (χ0) is 14.0. The highest BCUT2D eigenvalue weighted by atomic mass is 19.1. The average molecular weight is 264 g/mol. The first-order valence-electron chi connectivity index (χ1n) is 5.81. The Morgan fingerprint density at radius 2 is 1.95 bits per heavy atom. The fourth-order valence-corrected chi connectivity index (χ4v) is 1.82. The summed E-state index contributed by atoms with van der Waals surface area (Å²) in [6.07, 6.45) is 0. The third kappa shape index (κ3) is 2.88. The standard InChI is InChI=1S/C14H14F2N2O/c1-8-5-9(2)18-14(11(8)7-17)19-13-6-10(15)3-4-12(13)16/h3-6H,7,17H2,1-2H3. The summed E-state index contributed by atoms with van der Waals surface area (Å²) >= 11 is 0. The van der Waals surface area contributed by atoms with Gasteiger partial charge in [0.25, 0.3) is 0 Å². The lowest BCUT2D eigenvalue weighted by Crippen LogP contribution is -2.05. The third-order valence-electron chi connectivity index (χ3n) is 2.74. The Balaban J connectivity index is 2.45. The van der Waals surface area contributed by atoms with Crippen molar-refractivity contribution in [3.8, 4) is 11.6 Å². The zero-order valence-electron chi connectivity index (χ0n) is 10.7. The molecule has 0 aliphatic rings. The van der Waals surface area contributed by atoms with Gasteiger partial charge in [0, 0.05) is 23.9 Å². The van der Waals surface area contributed by atoms with Gasteiger partial charge in [-0.3, -0.25) is 0 Å². The maximum atomic E-state index is 13.5. The number of halogens is 2. The van der Waals surface area contributed by atoms with Crippen LogP contribution in [0.4, 0.5) is 8.78 Å². The molecular weight excluding hydrogens is 250 g/mol. The summed E-state index contributed by atoms with van der Waals surface area (Å²) in [7, 11) is 0. The van der Waals surface area contributed by atoms with Crippen molar-refractivity contribution in [2.75, 3.05) is 0 Å². The number of hydrogen-bond donors (Lipinski definition) is 1. The van der Waals surface area contributed by atoms with E-state index in [9.17, 15) is 8.78 Å². The molecule has 2 rings (SSSR count). The van der Waals surface area contributed by atoms with Crippen molar-refractivity contribution in [2.24, 2.45) is 5.73 Å². The van der Waals surface area contributed by atoms with Gasteiger partial charge >= 0.3 is 0 Å². The van der Waals surface area contributed by atoms with Crippen molar-refractivity contribution < 1.29 is 13.5 Å². The van der Waals surface area contributed by atoms with Crippen LogP contribution in [0.2, 0.25) is 0 Å². The quantitative estimate of drug-likeness (QED) is 0.925. The highest BCUT2D eigenvalue weighted by Gasteiger charge is 2.13. The van der Waals surface area contributed by atoms with Crippen molar-refractivity contribution >= 4 is 0 Å². The van der Waals surface area contributed by atoms with Gasteiger partial charge in [-0.2, -0.15) is 0 Å². The van der Waals surface area contributed by atoms with E-state index >= 15 is 0 Å². The van der Waals surface area contributed by atoms with Gasteiger partial charge < -0.3 is 10.5 Å². The molecule has 0 atom stereocenters. The molecule has 0 aliphatic heterocycles. The number of pyridine rings is 1. The van der Waals surface area contributed by atoms with Gasteiger partial charge in [-0.15, -0.1) is 0 Å². The fraction of sp³-hybridized carbons (Fsp3) is 0.214. The number of nitrogens with two attached hydrogens (primary N) is 1. The van der Waals surface area contributed by atoms with Crippen molar-refractivity contribution in [3.05, 3.63) is 52.7 Å². The van der Waals surface area contributed by atoms with Crippen LogP contribution in [0.3, 0.4) is 0 Å². The van der Waals surface area contributed by atoms with Crippen LogP contribution in [0, 0.1) is 25.5 Å². The number of rotatable bonds is 3. The normalized spacial score (nSPS) is 10.6. The molecule has 0 fully saturated rings. The van der Waals surface area contributed by atoms with E-state index in [0.717, 1.165) is 29.5 Å². The minimum Gasteiger partial charge on any atom is -0.435 e. The van der Waals surface area contributed by atoms with Crippen LogP contribution in [0.1, 0.15) is 16.8 Å². The maximum Gasteiger partial charge on any atom is 0.224 e. The van der Waals surface area contributed by atoms with Gasteiger partial charge in [0.15, 0.2) is 11.6 Å². The Morgan fingerprint density at radius 3 is 2.63 bits per heavy atom. The van der Waals surface area contributed by atoms with Gasteiger partial charge in [0.05, 0.1) is 0 Å². The molecule has 2 aromatic rings.